The summed E-state index contributed by atoms with van der Waals surface area (Å²) in [6, 6.07) is 0.113. The third-order valence-electron chi connectivity index (χ3n) is 4.02. The van der Waals surface area contributed by atoms with Gasteiger partial charge in [0, 0.05) is 26.3 Å². The van der Waals surface area contributed by atoms with E-state index >= 15 is 0 Å². The summed E-state index contributed by atoms with van der Waals surface area (Å²) in [5, 5.41) is 5.89. The molecule has 19 heavy (non-hydrogen) atoms. The van der Waals surface area contributed by atoms with Crippen molar-refractivity contribution in [2.45, 2.75) is 58.4 Å². The van der Waals surface area contributed by atoms with Crippen LogP contribution >= 0.6 is 0 Å². The van der Waals surface area contributed by atoms with E-state index in [0.29, 0.717) is 6.61 Å². The molecule has 2 amide bonds. The van der Waals surface area contributed by atoms with Gasteiger partial charge >= 0.3 is 6.03 Å². The summed E-state index contributed by atoms with van der Waals surface area (Å²) in [6.07, 6.45) is 7.35. The van der Waals surface area contributed by atoms with E-state index in [9.17, 15) is 4.79 Å². The number of ether oxygens (including phenoxy) is 1. The van der Waals surface area contributed by atoms with Gasteiger partial charge in [-0.15, -0.1) is 0 Å². The van der Waals surface area contributed by atoms with Crippen molar-refractivity contribution in [3.05, 3.63) is 0 Å². The summed E-state index contributed by atoms with van der Waals surface area (Å²) in [5.74, 6) is 1.66. The molecule has 4 nitrogen and oxygen atoms in total. The van der Waals surface area contributed by atoms with Gasteiger partial charge in [-0.2, -0.15) is 0 Å². The number of hydrogen-bond donors (Lipinski definition) is 2. The van der Waals surface area contributed by atoms with E-state index < -0.39 is 0 Å². The molecule has 3 unspecified atom stereocenters. The lowest BCUT2D eigenvalue weighted by atomic mass is 9.81. The Kier molecular flexibility index (Phi) is 7.87. The van der Waals surface area contributed by atoms with Gasteiger partial charge in [-0.1, -0.05) is 26.2 Å². The highest BCUT2D eigenvalue weighted by Gasteiger charge is 2.18. The average Bonchev–Trinajstić information content (AvgIpc) is 2.36. The van der Waals surface area contributed by atoms with E-state index in [-0.39, 0.29) is 12.1 Å². The third kappa shape index (κ3) is 7.41. The second kappa shape index (κ2) is 9.18. The van der Waals surface area contributed by atoms with Gasteiger partial charge < -0.3 is 15.4 Å². The van der Waals surface area contributed by atoms with Crippen molar-refractivity contribution in [3.63, 3.8) is 0 Å². The molecule has 0 saturated heterocycles. The molecule has 2 N–H and O–H groups in total. The van der Waals surface area contributed by atoms with Crippen LogP contribution in [0.2, 0.25) is 0 Å². The van der Waals surface area contributed by atoms with Gasteiger partial charge in [-0.25, -0.2) is 4.79 Å². The predicted octanol–water partition coefficient (Wildman–Crippen LogP) is 2.93. The molecule has 0 aromatic carbocycles. The van der Waals surface area contributed by atoms with Crippen LogP contribution in [-0.2, 0) is 4.74 Å². The first-order valence-corrected chi connectivity index (χ1v) is 7.65. The fraction of sp³-hybridized carbons (Fsp3) is 0.933. The highest BCUT2D eigenvalue weighted by molar-refractivity contribution is 5.74. The Bertz CT molecular complexity index is 259. The lowest BCUT2D eigenvalue weighted by Crippen LogP contribution is -2.41. The summed E-state index contributed by atoms with van der Waals surface area (Å²) in [5.41, 5.74) is 0. The molecule has 1 rings (SSSR count). The van der Waals surface area contributed by atoms with E-state index in [4.69, 9.17) is 4.74 Å². The van der Waals surface area contributed by atoms with Crippen LogP contribution in [0.1, 0.15) is 52.4 Å². The first-order chi connectivity index (χ1) is 9.11. The Morgan fingerprint density at radius 2 is 2.21 bits per heavy atom. The molecule has 0 spiro atoms. The first kappa shape index (κ1) is 16.3. The zero-order chi connectivity index (χ0) is 14.1. The maximum absolute atomic E-state index is 11.7. The second-order valence-electron chi connectivity index (χ2n) is 6.01. The highest BCUT2D eigenvalue weighted by atomic mass is 16.5. The molecule has 1 saturated carbocycles. The van der Waals surface area contributed by atoms with Gasteiger partial charge in [0.25, 0.3) is 0 Å². The molecule has 112 valence electrons. The standard InChI is InChI=1S/C15H30N2O2/c1-12-5-4-6-14(11-12)7-9-16-15(18)17-13(2)8-10-19-3/h12-14H,4-11H2,1-3H3,(H2,16,17,18). The summed E-state index contributed by atoms with van der Waals surface area (Å²) < 4.78 is 4.99. The molecule has 0 radical (unpaired) electrons. The Hall–Kier alpha value is -0.770. The number of carbonyl (C=O) groups is 1. The topological polar surface area (TPSA) is 50.4 Å². The van der Waals surface area contributed by atoms with Gasteiger partial charge in [0.15, 0.2) is 0 Å². The number of amides is 2. The maximum atomic E-state index is 11.7. The molecule has 4 heteroatoms. The molecule has 0 aromatic heterocycles. The highest BCUT2D eigenvalue weighted by Crippen LogP contribution is 2.30. The molecular formula is C15H30N2O2. The van der Waals surface area contributed by atoms with Crippen molar-refractivity contribution in [3.8, 4) is 0 Å². The minimum Gasteiger partial charge on any atom is -0.385 e. The van der Waals surface area contributed by atoms with Crippen LogP contribution in [-0.4, -0.2) is 32.3 Å². The van der Waals surface area contributed by atoms with Crippen molar-refractivity contribution in [2.24, 2.45) is 11.8 Å². The van der Waals surface area contributed by atoms with Crippen LogP contribution < -0.4 is 10.6 Å². The van der Waals surface area contributed by atoms with Crippen molar-refractivity contribution in [2.75, 3.05) is 20.3 Å². The SMILES string of the molecule is COCCC(C)NC(=O)NCCC1CCCC(C)C1. The minimum absolute atomic E-state index is 0.0486. The van der Waals surface area contributed by atoms with Gasteiger partial charge in [0.1, 0.15) is 0 Å². The van der Waals surface area contributed by atoms with E-state index in [1.807, 2.05) is 6.92 Å². The van der Waals surface area contributed by atoms with Gasteiger partial charge in [-0.05, 0) is 38.0 Å². The van der Waals surface area contributed by atoms with Crippen molar-refractivity contribution in [1.29, 1.82) is 0 Å². The van der Waals surface area contributed by atoms with Crippen LogP contribution in [0.3, 0.4) is 0 Å². The molecule has 0 aliphatic heterocycles. The fourth-order valence-electron chi connectivity index (χ4n) is 2.85. The van der Waals surface area contributed by atoms with E-state index in [0.717, 1.165) is 31.2 Å². The molecule has 0 bridgehead atoms. The molecule has 3 atom stereocenters. The molecular weight excluding hydrogens is 240 g/mol. The van der Waals surface area contributed by atoms with Crippen LogP contribution in [0.15, 0.2) is 0 Å². The lowest BCUT2D eigenvalue weighted by Gasteiger charge is -2.26. The Labute approximate surface area is 117 Å². The fourth-order valence-corrected chi connectivity index (χ4v) is 2.85. The zero-order valence-electron chi connectivity index (χ0n) is 12.7. The van der Waals surface area contributed by atoms with Gasteiger partial charge in [0.2, 0.25) is 0 Å². The monoisotopic (exact) mass is 270 g/mol. The van der Waals surface area contributed by atoms with Crippen LogP contribution in [0, 0.1) is 11.8 Å². The smallest absolute Gasteiger partial charge is 0.314 e. The van der Waals surface area contributed by atoms with E-state index in [1.54, 1.807) is 7.11 Å². The van der Waals surface area contributed by atoms with Crippen molar-refractivity contribution in [1.82, 2.24) is 10.6 Å². The Balaban J connectivity index is 2.06. The summed E-state index contributed by atoms with van der Waals surface area (Å²) >= 11 is 0. The van der Waals surface area contributed by atoms with Crippen LogP contribution in [0.4, 0.5) is 4.79 Å². The minimum atomic E-state index is -0.0486. The molecule has 1 aliphatic carbocycles. The second-order valence-corrected chi connectivity index (χ2v) is 6.01. The number of rotatable bonds is 7. The summed E-state index contributed by atoms with van der Waals surface area (Å²) in [7, 11) is 1.68. The number of urea groups is 1. The number of methoxy groups -OCH3 is 1. The molecule has 0 aromatic rings. The van der Waals surface area contributed by atoms with Crippen molar-refractivity contribution < 1.29 is 9.53 Å². The number of nitrogens with one attached hydrogen (secondary N) is 2. The average molecular weight is 270 g/mol. The third-order valence-corrected chi connectivity index (χ3v) is 4.02. The molecule has 1 aliphatic rings. The van der Waals surface area contributed by atoms with E-state index in [2.05, 4.69) is 17.6 Å². The predicted molar refractivity (Wildman–Crippen MR) is 78.2 cm³/mol. The van der Waals surface area contributed by atoms with Crippen molar-refractivity contribution >= 4 is 6.03 Å². The normalized spacial score (nSPS) is 24.8. The Morgan fingerprint density at radius 1 is 1.42 bits per heavy atom. The van der Waals surface area contributed by atoms with Gasteiger partial charge in [0.05, 0.1) is 0 Å². The van der Waals surface area contributed by atoms with Crippen LogP contribution in [0.25, 0.3) is 0 Å². The number of carbonyl (C=O) groups excluding carboxylic acids is 1. The first-order valence-electron chi connectivity index (χ1n) is 7.65. The number of hydrogen-bond acceptors (Lipinski definition) is 2. The van der Waals surface area contributed by atoms with Crippen LogP contribution in [0.5, 0.6) is 0 Å². The quantitative estimate of drug-likeness (QED) is 0.747. The molecule has 0 heterocycles. The van der Waals surface area contributed by atoms with Gasteiger partial charge in [-0.3, -0.25) is 0 Å². The largest absolute Gasteiger partial charge is 0.385 e. The van der Waals surface area contributed by atoms with E-state index in [1.165, 1.54) is 25.7 Å². The molecule has 1 fully saturated rings. The Morgan fingerprint density at radius 3 is 2.89 bits per heavy atom. The summed E-state index contributed by atoms with van der Waals surface area (Å²) in [4.78, 5) is 11.7. The lowest BCUT2D eigenvalue weighted by molar-refractivity contribution is 0.183. The summed E-state index contributed by atoms with van der Waals surface area (Å²) in [6.45, 7) is 5.81. The zero-order valence-corrected chi connectivity index (χ0v) is 12.7. The maximum Gasteiger partial charge on any atom is 0.314 e.